The third-order valence-electron chi connectivity index (χ3n) is 5.78. The topological polar surface area (TPSA) is 72.5 Å². The van der Waals surface area contributed by atoms with Crippen LogP contribution in [-0.4, -0.2) is 82.5 Å². The number of H-pyrrole nitrogens is 1. The Morgan fingerprint density at radius 3 is 2.38 bits per heavy atom. The molecule has 0 spiro atoms. The summed E-state index contributed by atoms with van der Waals surface area (Å²) >= 11 is 1.68. The zero-order chi connectivity index (χ0) is 20.2. The van der Waals surface area contributed by atoms with Crippen LogP contribution in [0.25, 0.3) is 10.6 Å². The second kappa shape index (κ2) is 9.09. The number of carbonyl (C=O) groups is 2. The summed E-state index contributed by atoms with van der Waals surface area (Å²) in [6.45, 7) is 7.03. The number of aromatic amines is 1. The van der Waals surface area contributed by atoms with E-state index in [1.807, 2.05) is 21.9 Å². The number of rotatable bonds is 4. The molecular formula is C21H29N5O2S. The summed E-state index contributed by atoms with van der Waals surface area (Å²) in [6, 6.07) is 5.94. The van der Waals surface area contributed by atoms with Gasteiger partial charge in [0.25, 0.3) is 5.91 Å². The molecule has 29 heavy (non-hydrogen) atoms. The Morgan fingerprint density at radius 2 is 1.72 bits per heavy atom. The first kappa shape index (κ1) is 20.1. The van der Waals surface area contributed by atoms with Crippen LogP contribution in [0.3, 0.4) is 0 Å². The van der Waals surface area contributed by atoms with Gasteiger partial charge >= 0.3 is 0 Å². The molecule has 2 aromatic heterocycles. The minimum absolute atomic E-state index is 0.0423. The van der Waals surface area contributed by atoms with Gasteiger partial charge in [-0.2, -0.15) is 5.10 Å². The molecule has 2 aliphatic heterocycles. The molecule has 156 valence electrons. The molecule has 2 fully saturated rings. The van der Waals surface area contributed by atoms with Crippen LogP contribution in [0.2, 0.25) is 0 Å². The molecule has 0 saturated carbocycles. The maximum absolute atomic E-state index is 12.8. The summed E-state index contributed by atoms with van der Waals surface area (Å²) in [5.74, 6) is 0.189. The van der Waals surface area contributed by atoms with Gasteiger partial charge in [-0.3, -0.25) is 19.6 Å². The zero-order valence-electron chi connectivity index (χ0n) is 17.0. The van der Waals surface area contributed by atoms with Crippen molar-refractivity contribution in [2.24, 2.45) is 0 Å². The fourth-order valence-electron chi connectivity index (χ4n) is 4.02. The van der Waals surface area contributed by atoms with E-state index >= 15 is 0 Å². The minimum Gasteiger partial charge on any atom is -0.342 e. The Balaban J connectivity index is 1.28. The highest BCUT2D eigenvalue weighted by Gasteiger charge is 2.26. The van der Waals surface area contributed by atoms with Crippen LogP contribution >= 0.6 is 11.3 Å². The highest BCUT2D eigenvalue weighted by atomic mass is 32.1. The Labute approximate surface area is 175 Å². The Hall–Kier alpha value is -2.19. The number of nitrogens with zero attached hydrogens (tertiary/aromatic N) is 4. The van der Waals surface area contributed by atoms with Crippen molar-refractivity contribution in [3.05, 3.63) is 28.8 Å². The van der Waals surface area contributed by atoms with E-state index in [-0.39, 0.29) is 11.8 Å². The summed E-state index contributed by atoms with van der Waals surface area (Å²) in [4.78, 5) is 33.7. The summed E-state index contributed by atoms with van der Waals surface area (Å²) in [5.41, 5.74) is 1.34. The Morgan fingerprint density at radius 1 is 1.00 bits per heavy atom. The molecule has 7 nitrogen and oxygen atoms in total. The van der Waals surface area contributed by atoms with Gasteiger partial charge in [0, 0.05) is 44.1 Å². The molecule has 2 amide bonds. The minimum atomic E-state index is -0.0423. The van der Waals surface area contributed by atoms with Crippen molar-refractivity contribution < 1.29 is 9.59 Å². The monoisotopic (exact) mass is 415 g/mol. The van der Waals surface area contributed by atoms with Crippen LogP contribution in [0.1, 0.15) is 41.0 Å². The Bertz CT molecular complexity index is 845. The fourth-order valence-corrected chi connectivity index (χ4v) is 4.85. The summed E-state index contributed by atoms with van der Waals surface area (Å²) in [6.07, 6.45) is 4.69. The van der Waals surface area contributed by atoms with Gasteiger partial charge in [0.15, 0.2) is 5.69 Å². The predicted octanol–water partition coefficient (Wildman–Crippen LogP) is 2.61. The number of aromatic nitrogens is 2. The van der Waals surface area contributed by atoms with Crippen LogP contribution in [0.4, 0.5) is 0 Å². The standard InChI is InChI=1S/C21H29N5O2S/c1-16-6-7-19(29-16)17-14-18(23-22-17)21(28)26-12-10-24(11-13-26)15-20(27)25-8-4-2-3-5-9-25/h6-7,14H,2-5,8-13,15H2,1H3,(H,22,23). The zero-order valence-corrected chi connectivity index (χ0v) is 17.8. The van der Waals surface area contributed by atoms with Gasteiger partial charge in [0.2, 0.25) is 5.91 Å². The second-order valence-corrected chi connectivity index (χ2v) is 9.23. The van der Waals surface area contributed by atoms with Gasteiger partial charge in [0.05, 0.1) is 17.1 Å². The average Bonchev–Trinajstić information content (AvgIpc) is 3.29. The molecule has 0 unspecified atom stereocenters. The third-order valence-corrected chi connectivity index (χ3v) is 6.81. The van der Waals surface area contributed by atoms with Crippen molar-refractivity contribution in [1.82, 2.24) is 24.9 Å². The number of nitrogens with one attached hydrogen (secondary N) is 1. The van der Waals surface area contributed by atoms with Crippen LogP contribution in [0.5, 0.6) is 0 Å². The summed E-state index contributed by atoms with van der Waals surface area (Å²) in [5, 5.41) is 7.21. The number of aryl methyl sites for hydroxylation is 1. The molecule has 2 aromatic rings. The van der Waals surface area contributed by atoms with E-state index in [9.17, 15) is 9.59 Å². The number of hydrogen-bond acceptors (Lipinski definition) is 5. The van der Waals surface area contributed by atoms with Gasteiger partial charge in [-0.1, -0.05) is 12.8 Å². The van der Waals surface area contributed by atoms with Crippen molar-refractivity contribution in [2.45, 2.75) is 32.6 Å². The van der Waals surface area contributed by atoms with Gasteiger partial charge in [-0.15, -0.1) is 11.3 Å². The van der Waals surface area contributed by atoms with E-state index in [1.165, 1.54) is 17.7 Å². The first-order valence-corrected chi connectivity index (χ1v) is 11.3. The molecule has 0 bridgehead atoms. The number of thiophene rings is 1. The quantitative estimate of drug-likeness (QED) is 0.833. The lowest BCUT2D eigenvalue weighted by atomic mass is 10.2. The van der Waals surface area contributed by atoms with Crippen LogP contribution in [-0.2, 0) is 4.79 Å². The molecular weight excluding hydrogens is 386 g/mol. The van der Waals surface area contributed by atoms with E-state index in [4.69, 9.17) is 0 Å². The maximum atomic E-state index is 12.8. The van der Waals surface area contributed by atoms with Gasteiger partial charge in [0.1, 0.15) is 0 Å². The predicted molar refractivity (Wildman–Crippen MR) is 114 cm³/mol. The van der Waals surface area contributed by atoms with E-state index in [0.717, 1.165) is 49.6 Å². The highest BCUT2D eigenvalue weighted by Crippen LogP contribution is 2.26. The van der Waals surface area contributed by atoms with E-state index in [1.54, 1.807) is 11.3 Å². The molecule has 8 heteroatoms. The van der Waals surface area contributed by atoms with E-state index in [2.05, 4.69) is 28.1 Å². The molecule has 0 aliphatic carbocycles. The first-order valence-electron chi connectivity index (χ1n) is 10.5. The lowest BCUT2D eigenvalue weighted by Crippen LogP contribution is -2.51. The molecule has 2 aliphatic rings. The van der Waals surface area contributed by atoms with E-state index < -0.39 is 0 Å². The lowest BCUT2D eigenvalue weighted by Gasteiger charge is -2.35. The maximum Gasteiger partial charge on any atom is 0.274 e. The van der Waals surface area contributed by atoms with Crippen LogP contribution in [0.15, 0.2) is 18.2 Å². The molecule has 1 N–H and O–H groups in total. The molecule has 0 radical (unpaired) electrons. The summed E-state index contributed by atoms with van der Waals surface area (Å²) in [7, 11) is 0. The normalized spacial score (nSPS) is 18.7. The number of amides is 2. The lowest BCUT2D eigenvalue weighted by molar-refractivity contribution is -0.132. The fraction of sp³-hybridized carbons (Fsp3) is 0.571. The largest absolute Gasteiger partial charge is 0.342 e. The number of hydrogen-bond donors (Lipinski definition) is 1. The average molecular weight is 416 g/mol. The molecule has 4 heterocycles. The van der Waals surface area contributed by atoms with E-state index in [0.29, 0.717) is 25.3 Å². The number of piperazine rings is 1. The highest BCUT2D eigenvalue weighted by molar-refractivity contribution is 7.15. The van der Waals surface area contributed by atoms with Crippen LogP contribution < -0.4 is 0 Å². The van der Waals surface area contributed by atoms with Crippen molar-refractivity contribution in [1.29, 1.82) is 0 Å². The smallest absolute Gasteiger partial charge is 0.274 e. The van der Waals surface area contributed by atoms with Gasteiger partial charge < -0.3 is 9.80 Å². The van der Waals surface area contributed by atoms with Crippen LogP contribution in [0, 0.1) is 6.92 Å². The number of carbonyl (C=O) groups excluding carboxylic acids is 2. The third kappa shape index (κ3) is 4.87. The van der Waals surface area contributed by atoms with Gasteiger partial charge in [-0.25, -0.2) is 0 Å². The molecule has 0 atom stereocenters. The van der Waals surface area contributed by atoms with Crippen molar-refractivity contribution in [3.63, 3.8) is 0 Å². The SMILES string of the molecule is Cc1ccc(-c2cc(C(=O)N3CCN(CC(=O)N4CCCCCC4)CC3)n[nH]2)s1. The molecule has 0 aromatic carbocycles. The Kier molecular flexibility index (Phi) is 6.30. The summed E-state index contributed by atoms with van der Waals surface area (Å²) < 4.78 is 0. The van der Waals surface area contributed by atoms with Gasteiger partial charge in [-0.05, 0) is 38.0 Å². The molecule has 4 rings (SSSR count). The van der Waals surface area contributed by atoms with Crippen molar-refractivity contribution >= 4 is 23.2 Å². The molecule has 2 saturated heterocycles. The number of likely N-dealkylation sites (tertiary alicyclic amines) is 1. The first-order chi connectivity index (χ1) is 14.1. The van der Waals surface area contributed by atoms with Crippen molar-refractivity contribution in [2.75, 3.05) is 45.8 Å². The second-order valence-electron chi connectivity index (χ2n) is 7.94. The van der Waals surface area contributed by atoms with Crippen molar-refractivity contribution in [3.8, 4) is 10.6 Å².